The molecule has 4 rings (SSSR count). The maximum Gasteiger partial charge on any atom is 0.363 e. The normalized spacial score (nSPS) is 18.8. The summed E-state index contributed by atoms with van der Waals surface area (Å²) in [6.07, 6.45) is 1.05. The molecule has 212 valence electrons. The van der Waals surface area contributed by atoms with Crippen LogP contribution in [0.2, 0.25) is 0 Å². The lowest BCUT2D eigenvalue weighted by atomic mass is 9.97. The van der Waals surface area contributed by atoms with Crippen LogP contribution in [0.1, 0.15) is 60.0 Å². The summed E-state index contributed by atoms with van der Waals surface area (Å²) in [4.78, 5) is 41.3. The Balaban J connectivity index is 1.79. The number of carboxylic acids is 1. The number of aliphatic carboxylic acids is 1. The second kappa shape index (κ2) is 11.1. The zero-order valence-electron chi connectivity index (χ0n) is 24.2. The standard InChI is InChI=1S/C31H37N3O5S/c1-18-15-19(2)26(20(3)16-18)33-30(38)32-23-17-25(21-10-12-22(39-7)13-11-21)40-27(23)28(35)34(31(4,5)6)14-8-9-24(34)29(36)37/h10-13,15-17,24H,8-9,14H2,1-7H3,(H2-,32,33,35,36,37,38)/p+1/t24-,34?/m0/s1. The second-order valence-corrected chi connectivity index (χ2v) is 12.6. The van der Waals surface area contributed by atoms with Crippen LogP contribution in [-0.4, -0.2) is 52.7 Å². The summed E-state index contributed by atoms with van der Waals surface area (Å²) in [5.41, 5.74) is 4.24. The van der Waals surface area contributed by atoms with Gasteiger partial charge in [-0.1, -0.05) is 17.7 Å². The van der Waals surface area contributed by atoms with E-state index >= 15 is 0 Å². The first kappa shape index (κ1) is 29.3. The minimum absolute atomic E-state index is 0.211. The van der Waals surface area contributed by atoms with Crippen molar-refractivity contribution in [3.05, 3.63) is 64.0 Å². The lowest BCUT2D eigenvalue weighted by molar-refractivity contribution is -0.899. The first-order chi connectivity index (χ1) is 18.8. The Hall–Kier alpha value is -3.69. The van der Waals surface area contributed by atoms with Crippen molar-refractivity contribution in [2.24, 2.45) is 0 Å². The lowest BCUT2D eigenvalue weighted by Crippen LogP contribution is -2.67. The molecule has 3 amide bonds. The molecule has 1 unspecified atom stereocenters. The number of carbonyl (C=O) groups is 3. The van der Waals surface area contributed by atoms with Crippen LogP contribution in [0, 0.1) is 20.8 Å². The Morgan fingerprint density at radius 2 is 1.62 bits per heavy atom. The predicted molar refractivity (Wildman–Crippen MR) is 159 cm³/mol. The van der Waals surface area contributed by atoms with Crippen molar-refractivity contribution < 1.29 is 28.7 Å². The summed E-state index contributed by atoms with van der Waals surface area (Å²) in [5, 5.41) is 16.0. The number of hydrogen-bond acceptors (Lipinski definition) is 5. The highest BCUT2D eigenvalue weighted by Gasteiger charge is 2.59. The maximum absolute atomic E-state index is 14.5. The van der Waals surface area contributed by atoms with Crippen molar-refractivity contribution in [2.45, 2.75) is 66.0 Å². The fraction of sp³-hybridized carbons (Fsp3) is 0.387. The molecular formula is C31H38N3O5S+. The number of carbonyl (C=O) groups excluding carboxylic acids is 2. The zero-order valence-corrected chi connectivity index (χ0v) is 25.0. The lowest BCUT2D eigenvalue weighted by Gasteiger charge is -2.45. The van der Waals surface area contributed by atoms with Crippen LogP contribution in [0.4, 0.5) is 16.2 Å². The van der Waals surface area contributed by atoms with Crippen molar-refractivity contribution in [3.63, 3.8) is 0 Å². The molecular weight excluding hydrogens is 526 g/mol. The van der Waals surface area contributed by atoms with Gasteiger partial charge in [0, 0.05) is 23.4 Å². The van der Waals surface area contributed by atoms with Crippen LogP contribution in [0.25, 0.3) is 10.4 Å². The van der Waals surface area contributed by atoms with Gasteiger partial charge in [0.05, 0.1) is 24.9 Å². The molecule has 8 nitrogen and oxygen atoms in total. The number of ether oxygens (including phenoxy) is 1. The number of hydrogen-bond donors (Lipinski definition) is 3. The van der Waals surface area contributed by atoms with Gasteiger partial charge in [-0.15, -0.1) is 11.3 Å². The predicted octanol–water partition coefficient (Wildman–Crippen LogP) is 7.00. The number of thiophene rings is 1. The van der Waals surface area contributed by atoms with Gasteiger partial charge in [-0.05, 0) is 88.6 Å². The van der Waals surface area contributed by atoms with Gasteiger partial charge in [-0.2, -0.15) is 0 Å². The van der Waals surface area contributed by atoms with E-state index in [0.29, 0.717) is 41.4 Å². The zero-order chi connectivity index (χ0) is 29.4. The third-order valence-electron chi connectivity index (χ3n) is 7.83. The fourth-order valence-corrected chi connectivity index (χ4v) is 7.06. The summed E-state index contributed by atoms with van der Waals surface area (Å²) in [7, 11) is 1.60. The van der Waals surface area contributed by atoms with Crippen LogP contribution in [0.3, 0.4) is 0 Å². The number of quaternary nitrogens is 1. The van der Waals surface area contributed by atoms with Crippen molar-refractivity contribution in [1.82, 2.24) is 0 Å². The Morgan fingerprint density at radius 3 is 2.17 bits per heavy atom. The summed E-state index contributed by atoms with van der Waals surface area (Å²) in [6, 6.07) is 11.9. The van der Waals surface area contributed by atoms with E-state index in [9.17, 15) is 19.5 Å². The summed E-state index contributed by atoms with van der Waals surface area (Å²) in [6.45, 7) is 12.0. The molecule has 1 saturated heterocycles. The maximum atomic E-state index is 14.5. The molecule has 1 fully saturated rings. The van der Waals surface area contributed by atoms with Gasteiger partial charge < -0.3 is 20.5 Å². The molecule has 0 spiro atoms. The highest BCUT2D eigenvalue weighted by atomic mass is 32.1. The van der Waals surface area contributed by atoms with E-state index in [-0.39, 0.29) is 10.4 Å². The van der Waals surface area contributed by atoms with Crippen molar-refractivity contribution in [1.29, 1.82) is 0 Å². The van der Waals surface area contributed by atoms with Crippen molar-refractivity contribution in [2.75, 3.05) is 24.3 Å². The highest BCUT2D eigenvalue weighted by molar-refractivity contribution is 7.18. The SMILES string of the molecule is COc1ccc(-c2cc(NC(=O)Nc3c(C)cc(C)cc3C)c(C(=O)[N+]3(C(C)(C)C)CCC[C@H]3C(=O)O)s2)cc1. The second-order valence-electron chi connectivity index (χ2n) is 11.5. The third kappa shape index (κ3) is 5.36. The smallest absolute Gasteiger partial charge is 0.363 e. The first-order valence-electron chi connectivity index (χ1n) is 13.4. The first-order valence-corrected chi connectivity index (χ1v) is 14.2. The number of aryl methyl sites for hydroxylation is 3. The Kier molecular flexibility index (Phi) is 8.10. The molecule has 2 heterocycles. The largest absolute Gasteiger partial charge is 0.497 e. The van der Waals surface area contributed by atoms with E-state index in [0.717, 1.165) is 27.1 Å². The van der Waals surface area contributed by atoms with Gasteiger partial charge in [0.25, 0.3) is 0 Å². The molecule has 1 aromatic heterocycles. The summed E-state index contributed by atoms with van der Waals surface area (Å²) < 4.78 is 5.08. The molecule has 0 bridgehead atoms. The number of methoxy groups -OCH3 is 1. The summed E-state index contributed by atoms with van der Waals surface area (Å²) in [5.74, 6) is -0.567. The molecule has 9 heteroatoms. The van der Waals surface area contributed by atoms with Crippen LogP contribution in [0.15, 0.2) is 42.5 Å². The fourth-order valence-electron chi connectivity index (χ4n) is 5.94. The van der Waals surface area contributed by atoms with Crippen LogP contribution in [-0.2, 0) is 4.79 Å². The topological polar surface area (TPSA) is 105 Å². The number of rotatable bonds is 6. The van der Waals surface area contributed by atoms with Gasteiger partial charge in [-0.25, -0.2) is 18.9 Å². The van der Waals surface area contributed by atoms with Crippen LogP contribution in [0.5, 0.6) is 5.75 Å². The van der Waals surface area contributed by atoms with E-state index in [1.165, 1.54) is 11.3 Å². The number of nitrogens with zero attached hydrogens (tertiary/aromatic N) is 1. The molecule has 2 aromatic carbocycles. The van der Waals surface area contributed by atoms with Crippen molar-refractivity contribution in [3.8, 4) is 16.2 Å². The number of anilines is 2. The number of amides is 3. The van der Waals surface area contributed by atoms with E-state index in [2.05, 4.69) is 10.6 Å². The Morgan fingerprint density at radius 1 is 1.00 bits per heavy atom. The molecule has 3 aromatic rings. The number of likely N-dealkylation sites (tertiary alicyclic amines) is 1. The molecule has 1 aliphatic heterocycles. The molecule has 0 radical (unpaired) electrons. The highest BCUT2D eigenvalue weighted by Crippen LogP contribution is 2.44. The van der Waals surface area contributed by atoms with E-state index in [1.807, 2.05) is 77.9 Å². The monoisotopic (exact) mass is 564 g/mol. The van der Waals surface area contributed by atoms with E-state index in [1.54, 1.807) is 13.2 Å². The van der Waals surface area contributed by atoms with Crippen molar-refractivity contribution >= 4 is 40.6 Å². The van der Waals surface area contributed by atoms with Crippen LogP contribution >= 0.6 is 11.3 Å². The number of urea groups is 1. The number of benzene rings is 2. The quantitative estimate of drug-likeness (QED) is 0.280. The molecule has 0 saturated carbocycles. The molecule has 2 atom stereocenters. The number of nitrogens with one attached hydrogen (secondary N) is 2. The van der Waals surface area contributed by atoms with Gasteiger partial charge >= 0.3 is 17.9 Å². The summed E-state index contributed by atoms with van der Waals surface area (Å²) >= 11 is 1.26. The minimum Gasteiger partial charge on any atom is -0.497 e. The van der Waals surface area contributed by atoms with Gasteiger partial charge in [-0.3, -0.25) is 0 Å². The molecule has 3 N–H and O–H groups in total. The molecule has 0 aliphatic carbocycles. The third-order valence-corrected chi connectivity index (χ3v) is 9.00. The van der Waals surface area contributed by atoms with E-state index < -0.39 is 23.6 Å². The van der Waals surface area contributed by atoms with Gasteiger partial charge in [0.15, 0.2) is 10.9 Å². The average Bonchev–Trinajstić information content (AvgIpc) is 3.51. The molecule has 40 heavy (non-hydrogen) atoms. The Labute approximate surface area is 239 Å². The molecule has 1 aliphatic rings. The average molecular weight is 565 g/mol. The Bertz CT molecular complexity index is 1430. The van der Waals surface area contributed by atoms with Crippen LogP contribution < -0.4 is 15.4 Å². The number of carboxylic acid groups (broad SMARTS) is 1. The van der Waals surface area contributed by atoms with Gasteiger partial charge in [0.2, 0.25) is 0 Å². The van der Waals surface area contributed by atoms with E-state index in [4.69, 9.17) is 4.74 Å². The minimum atomic E-state index is -0.981. The van der Waals surface area contributed by atoms with Gasteiger partial charge in [0.1, 0.15) is 5.75 Å².